The van der Waals surface area contributed by atoms with Crippen LogP contribution in [0.5, 0.6) is 5.75 Å². The molecule has 0 amide bonds. The van der Waals surface area contributed by atoms with Gasteiger partial charge in [-0.2, -0.15) is 0 Å². The molecule has 3 heteroatoms. The smallest absolute Gasteiger partial charge is 0.119 e. The summed E-state index contributed by atoms with van der Waals surface area (Å²) >= 11 is 3.51. The van der Waals surface area contributed by atoms with Crippen LogP contribution in [0.2, 0.25) is 0 Å². The predicted molar refractivity (Wildman–Crippen MR) is 103 cm³/mol. The van der Waals surface area contributed by atoms with E-state index in [9.17, 15) is 0 Å². The summed E-state index contributed by atoms with van der Waals surface area (Å²) in [6, 6.07) is 12.7. The molecular weight excluding hydrogens is 350 g/mol. The average Bonchev–Trinajstić information content (AvgIpc) is 2.56. The van der Waals surface area contributed by atoms with Crippen LogP contribution < -0.4 is 10.1 Å². The maximum Gasteiger partial charge on any atom is 0.119 e. The zero-order valence-corrected chi connectivity index (χ0v) is 15.7. The molecule has 1 N–H and O–H groups in total. The van der Waals surface area contributed by atoms with Gasteiger partial charge in [-0.05, 0) is 61.5 Å². The molecule has 2 aromatic carbocycles. The minimum atomic E-state index is 0.821. The fourth-order valence-corrected chi connectivity index (χ4v) is 3.14. The third-order valence-corrected chi connectivity index (χ3v) is 4.61. The van der Waals surface area contributed by atoms with E-state index in [2.05, 4.69) is 57.6 Å². The topological polar surface area (TPSA) is 21.3 Å². The van der Waals surface area contributed by atoms with Crippen molar-refractivity contribution in [3.63, 3.8) is 0 Å². The quantitative estimate of drug-likeness (QED) is 0.489. The first-order valence-electron chi connectivity index (χ1n) is 8.76. The number of nitrogens with one attached hydrogen (secondary N) is 1. The molecule has 23 heavy (non-hydrogen) atoms. The van der Waals surface area contributed by atoms with Crippen molar-refractivity contribution in [3.05, 3.63) is 40.9 Å². The van der Waals surface area contributed by atoms with E-state index < -0.39 is 0 Å². The van der Waals surface area contributed by atoms with Crippen molar-refractivity contribution in [2.45, 2.75) is 44.9 Å². The van der Waals surface area contributed by atoms with E-state index in [-0.39, 0.29) is 0 Å². The number of unbranched alkanes of at least 4 members (excludes halogenated alkanes) is 6. The van der Waals surface area contributed by atoms with Gasteiger partial charge in [-0.15, -0.1) is 0 Å². The number of rotatable bonds is 11. The van der Waals surface area contributed by atoms with E-state index in [0.29, 0.717) is 0 Å². The van der Waals surface area contributed by atoms with Crippen molar-refractivity contribution in [1.82, 2.24) is 5.32 Å². The van der Waals surface area contributed by atoms with Gasteiger partial charge in [0.25, 0.3) is 0 Å². The zero-order chi connectivity index (χ0) is 16.3. The molecule has 0 aromatic heterocycles. The van der Waals surface area contributed by atoms with Gasteiger partial charge in [0.2, 0.25) is 0 Å². The van der Waals surface area contributed by atoms with Crippen LogP contribution in [0.25, 0.3) is 10.8 Å². The monoisotopic (exact) mass is 377 g/mol. The summed E-state index contributed by atoms with van der Waals surface area (Å²) in [7, 11) is 2.02. The average molecular weight is 378 g/mol. The van der Waals surface area contributed by atoms with Crippen LogP contribution in [0.4, 0.5) is 0 Å². The third-order valence-electron chi connectivity index (χ3n) is 4.11. The van der Waals surface area contributed by atoms with Crippen LogP contribution in [0.15, 0.2) is 40.9 Å². The summed E-state index contributed by atoms with van der Waals surface area (Å²) in [5.41, 5.74) is 0. The lowest BCUT2D eigenvalue weighted by molar-refractivity contribution is 0.304. The second-order valence-electron chi connectivity index (χ2n) is 6.08. The molecule has 126 valence electrons. The lowest BCUT2D eigenvalue weighted by atomic mass is 10.1. The molecule has 2 rings (SSSR count). The number of fused-ring (bicyclic) bond motifs is 1. The van der Waals surface area contributed by atoms with Gasteiger partial charge >= 0.3 is 0 Å². The molecule has 0 unspecified atom stereocenters. The van der Waals surface area contributed by atoms with Crippen molar-refractivity contribution >= 4 is 26.7 Å². The highest BCUT2D eigenvalue weighted by molar-refractivity contribution is 9.10. The van der Waals surface area contributed by atoms with Gasteiger partial charge < -0.3 is 10.1 Å². The summed E-state index contributed by atoms with van der Waals surface area (Å²) < 4.78 is 7.00. The fraction of sp³-hybridized carbons (Fsp3) is 0.500. The van der Waals surface area contributed by atoms with Crippen molar-refractivity contribution in [2.24, 2.45) is 0 Å². The highest BCUT2D eigenvalue weighted by atomic mass is 79.9. The lowest BCUT2D eigenvalue weighted by Crippen LogP contribution is -2.06. The molecule has 0 aliphatic heterocycles. The van der Waals surface area contributed by atoms with Crippen LogP contribution in [0, 0.1) is 0 Å². The van der Waals surface area contributed by atoms with E-state index in [0.717, 1.165) is 29.8 Å². The Balaban J connectivity index is 1.58. The van der Waals surface area contributed by atoms with Crippen molar-refractivity contribution in [2.75, 3.05) is 20.2 Å². The van der Waals surface area contributed by atoms with Gasteiger partial charge in [-0.25, -0.2) is 0 Å². The van der Waals surface area contributed by atoms with Crippen LogP contribution in [0.1, 0.15) is 44.9 Å². The lowest BCUT2D eigenvalue weighted by Gasteiger charge is -2.08. The Bertz CT molecular complexity index is 585. The number of ether oxygens (including phenoxy) is 1. The normalized spacial score (nSPS) is 11.0. The van der Waals surface area contributed by atoms with E-state index in [1.165, 1.54) is 49.3 Å². The molecular formula is C20H28BrNO. The van der Waals surface area contributed by atoms with E-state index in [1.807, 2.05) is 7.05 Å². The second kappa shape index (κ2) is 10.7. The van der Waals surface area contributed by atoms with Crippen molar-refractivity contribution in [1.29, 1.82) is 0 Å². The van der Waals surface area contributed by atoms with E-state index >= 15 is 0 Å². The maximum atomic E-state index is 5.88. The SMILES string of the molecule is CNCCCCCCCCCOc1ccc2cc(Br)ccc2c1. The summed E-state index contributed by atoms with van der Waals surface area (Å²) in [5.74, 6) is 0.979. The highest BCUT2D eigenvalue weighted by Gasteiger charge is 1.99. The number of hydrogen-bond donors (Lipinski definition) is 1. The summed E-state index contributed by atoms with van der Waals surface area (Å²) in [4.78, 5) is 0. The Hall–Kier alpha value is -1.06. The summed E-state index contributed by atoms with van der Waals surface area (Å²) in [6.45, 7) is 1.97. The minimum Gasteiger partial charge on any atom is -0.494 e. The van der Waals surface area contributed by atoms with Crippen LogP contribution in [0.3, 0.4) is 0 Å². The standard InChI is InChI=1S/C20H28BrNO/c1-22-13-7-5-3-2-4-6-8-14-23-20-12-10-17-15-19(21)11-9-18(17)16-20/h9-12,15-16,22H,2-8,13-14H2,1H3. The Morgan fingerprint density at radius 1 is 0.826 bits per heavy atom. The molecule has 0 bridgehead atoms. The molecule has 0 heterocycles. The molecule has 2 aromatic rings. The number of benzene rings is 2. The Morgan fingerprint density at radius 3 is 2.26 bits per heavy atom. The van der Waals surface area contributed by atoms with Gasteiger partial charge in [0.05, 0.1) is 6.61 Å². The first-order valence-corrected chi connectivity index (χ1v) is 9.55. The highest BCUT2D eigenvalue weighted by Crippen LogP contribution is 2.24. The zero-order valence-electron chi connectivity index (χ0n) is 14.1. The first-order chi connectivity index (χ1) is 11.3. The Kier molecular flexibility index (Phi) is 8.48. The third kappa shape index (κ3) is 6.92. The van der Waals surface area contributed by atoms with Gasteiger partial charge in [0.1, 0.15) is 5.75 Å². The van der Waals surface area contributed by atoms with Gasteiger partial charge in [0, 0.05) is 4.47 Å². The second-order valence-corrected chi connectivity index (χ2v) is 7.00. The summed E-state index contributed by atoms with van der Waals surface area (Å²) in [6.07, 6.45) is 9.12. The van der Waals surface area contributed by atoms with Crippen LogP contribution >= 0.6 is 15.9 Å². The van der Waals surface area contributed by atoms with Crippen molar-refractivity contribution in [3.8, 4) is 5.75 Å². The maximum absolute atomic E-state index is 5.88. The van der Waals surface area contributed by atoms with E-state index in [1.54, 1.807) is 0 Å². The number of hydrogen-bond acceptors (Lipinski definition) is 2. The van der Waals surface area contributed by atoms with Crippen molar-refractivity contribution < 1.29 is 4.74 Å². The molecule has 0 aliphatic carbocycles. The largest absolute Gasteiger partial charge is 0.494 e. The van der Waals surface area contributed by atoms with Gasteiger partial charge in [-0.3, -0.25) is 0 Å². The molecule has 0 fully saturated rings. The molecule has 0 spiro atoms. The molecule has 0 atom stereocenters. The minimum absolute atomic E-state index is 0.821. The molecule has 2 nitrogen and oxygen atoms in total. The van der Waals surface area contributed by atoms with Crippen LogP contribution in [-0.4, -0.2) is 20.2 Å². The predicted octanol–water partition coefficient (Wildman–Crippen LogP) is 5.93. The van der Waals surface area contributed by atoms with E-state index in [4.69, 9.17) is 4.74 Å². The van der Waals surface area contributed by atoms with Gasteiger partial charge in [0.15, 0.2) is 0 Å². The number of halogens is 1. The molecule has 0 saturated carbocycles. The molecule has 0 radical (unpaired) electrons. The Morgan fingerprint density at radius 2 is 1.48 bits per heavy atom. The molecule has 0 saturated heterocycles. The van der Waals surface area contributed by atoms with Crippen LogP contribution in [-0.2, 0) is 0 Å². The van der Waals surface area contributed by atoms with Gasteiger partial charge in [-0.1, -0.05) is 60.2 Å². The molecule has 0 aliphatic rings. The fourth-order valence-electron chi connectivity index (χ4n) is 2.76. The first kappa shape index (κ1) is 18.3. The Labute approximate surface area is 148 Å². The summed E-state index contributed by atoms with van der Waals surface area (Å²) in [5, 5.41) is 5.67.